The number of aromatic amines is 1. The highest BCUT2D eigenvalue weighted by molar-refractivity contribution is 6.06. The first-order chi connectivity index (χ1) is 17.9. The van der Waals surface area contributed by atoms with Gasteiger partial charge in [0.15, 0.2) is 17.4 Å². The predicted molar refractivity (Wildman–Crippen MR) is 132 cm³/mol. The van der Waals surface area contributed by atoms with Crippen molar-refractivity contribution in [3.05, 3.63) is 66.1 Å². The number of nitrogens with one attached hydrogen (secondary N) is 3. The third kappa shape index (κ3) is 4.48. The maximum Gasteiger partial charge on any atom is 0.282 e. The molecule has 2 aliphatic heterocycles. The minimum atomic E-state index is -1.01. The van der Waals surface area contributed by atoms with Gasteiger partial charge in [-0.25, -0.2) is 8.78 Å². The van der Waals surface area contributed by atoms with Crippen LogP contribution in [0.1, 0.15) is 22.5 Å². The summed E-state index contributed by atoms with van der Waals surface area (Å²) in [4.78, 5) is 33.7. The minimum Gasteiger partial charge on any atom is -0.492 e. The second-order valence-electron chi connectivity index (χ2n) is 8.71. The van der Waals surface area contributed by atoms with Gasteiger partial charge in [-0.1, -0.05) is 12.6 Å². The summed E-state index contributed by atoms with van der Waals surface area (Å²) in [5.41, 5.74) is 3.05. The van der Waals surface area contributed by atoms with E-state index in [1.807, 2.05) is 0 Å². The van der Waals surface area contributed by atoms with E-state index in [9.17, 15) is 18.4 Å². The quantitative estimate of drug-likeness (QED) is 0.400. The number of likely N-dealkylation sites (tertiary alicyclic amines) is 1. The van der Waals surface area contributed by atoms with E-state index in [0.29, 0.717) is 59.9 Å². The highest BCUT2D eigenvalue weighted by Crippen LogP contribution is 2.42. The molecule has 5 rings (SSSR count). The van der Waals surface area contributed by atoms with Crippen molar-refractivity contribution in [1.29, 1.82) is 0 Å². The van der Waals surface area contributed by atoms with E-state index in [1.165, 1.54) is 30.3 Å². The van der Waals surface area contributed by atoms with Crippen LogP contribution in [0.3, 0.4) is 0 Å². The second kappa shape index (κ2) is 9.92. The van der Waals surface area contributed by atoms with Crippen molar-refractivity contribution < 1.29 is 27.8 Å². The normalized spacial score (nSPS) is 16.4. The third-order valence-electron chi connectivity index (χ3n) is 6.52. The summed E-state index contributed by atoms with van der Waals surface area (Å²) in [5, 5.41) is 6.02. The van der Waals surface area contributed by atoms with E-state index in [-0.39, 0.29) is 24.3 Å². The Hall–Kier alpha value is -4.41. The number of hydrogen-bond acceptors (Lipinski definition) is 6. The number of pyridine rings is 1. The molecule has 3 aromatic rings. The fourth-order valence-corrected chi connectivity index (χ4v) is 4.58. The Bertz CT molecular complexity index is 1390. The van der Waals surface area contributed by atoms with Crippen LogP contribution in [0, 0.1) is 5.82 Å². The lowest BCUT2D eigenvalue weighted by atomic mass is 10.0. The van der Waals surface area contributed by atoms with Gasteiger partial charge in [-0.2, -0.15) is 0 Å². The van der Waals surface area contributed by atoms with Crippen LogP contribution < -0.4 is 20.1 Å². The third-order valence-corrected chi connectivity index (χ3v) is 6.52. The van der Waals surface area contributed by atoms with Gasteiger partial charge >= 0.3 is 0 Å². The molecule has 0 aliphatic carbocycles. The zero-order chi connectivity index (χ0) is 26.1. The maximum atomic E-state index is 14.4. The Kier molecular flexibility index (Phi) is 6.51. The monoisotopic (exact) mass is 509 g/mol. The molecular formula is C26H25F2N5O4. The molecule has 2 aromatic heterocycles. The summed E-state index contributed by atoms with van der Waals surface area (Å²) in [6, 6.07) is 5.90. The number of carbonyl (C=O) groups excluding carboxylic acids is 2. The summed E-state index contributed by atoms with van der Waals surface area (Å²) in [5.74, 6) is -2.17. The number of ether oxygens (including phenoxy) is 2. The van der Waals surface area contributed by atoms with Gasteiger partial charge in [0, 0.05) is 37.0 Å². The van der Waals surface area contributed by atoms with Gasteiger partial charge in [0.2, 0.25) is 0 Å². The first-order valence-electron chi connectivity index (χ1n) is 11.7. The van der Waals surface area contributed by atoms with Gasteiger partial charge < -0.3 is 30.0 Å². The van der Waals surface area contributed by atoms with Crippen molar-refractivity contribution in [1.82, 2.24) is 20.2 Å². The molecule has 4 heterocycles. The molecular weight excluding hydrogens is 484 g/mol. The van der Waals surface area contributed by atoms with Crippen molar-refractivity contribution in [3.8, 4) is 22.8 Å². The Morgan fingerprint density at radius 2 is 2.19 bits per heavy atom. The molecule has 2 aliphatic rings. The van der Waals surface area contributed by atoms with Crippen LogP contribution >= 0.6 is 0 Å². The Labute approximate surface area is 211 Å². The molecule has 11 heteroatoms. The first kappa shape index (κ1) is 24.3. The van der Waals surface area contributed by atoms with E-state index >= 15 is 0 Å². The number of aromatic nitrogens is 2. The Morgan fingerprint density at radius 3 is 2.92 bits per heavy atom. The zero-order valence-electron chi connectivity index (χ0n) is 20.1. The molecule has 9 nitrogen and oxygen atoms in total. The van der Waals surface area contributed by atoms with Crippen LogP contribution in [-0.4, -0.2) is 59.5 Å². The lowest BCUT2D eigenvalue weighted by Gasteiger charge is -2.40. The summed E-state index contributed by atoms with van der Waals surface area (Å²) in [6.45, 7) is 4.10. The maximum absolute atomic E-state index is 14.4. The van der Waals surface area contributed by atoms with Crippen molar-refractivity contribution in [2.45, 2.75) is 18.9 Å². The Balaban J connectivity index is 1.51. The van der Waals surface area contributed by atoms with E-state index < -0.39 is 17.6 Å². The van der Waals surface area contributed by atoms with Crippen LogP contribution in [-0.2, 0) is 11.2 Å². The van der Waals surface area contributed by atoms with Gasteiger partial charge in [0.1, 0.15) is 12.4 Å². The number of halogens is 2. The number of para-hydroxylation sites is 1. The fourth-order valence-electron chi connectivity index (χ4n) is 4.58. The second-order valence-corrected chi connectivity index (χ2v) is 8.71. The van der Waals surface area contributed by atoms with Crippen LogP contribution in [0.15, 0.2) is 49.1 Å². The number of carbonyl (C=O) groups is 2. The molecule has 1 fully saturated rings. The number of fused-ring (bicyclic) bond motifs is 1. The molecule has 1 aromatic carbocycles. The largest absolute Gasteiger partial charge is 0.492 e. The highest BCUT2D eigenvalue weighted by atomic mass is 19.1. The first-order valence-corrected chi connectivity index (χ1v) is 11.7. The molecule has 0 saturated carbocycles. The van der Waals surface area contributed by atoms with Crippen molar-refractivity contribution in [2.24, 2.45) is 0 Å². The van der Waals surface area contributed by atoms with Crippen LogP contribution in [0.4, 0.5) is 20.2 Å². The zero-order valence-corrected chi connectivity index (χ0v) is 20.1. The molecule has 192 valence electrons. The summed E-state index contributed by atoms with van der Waals surface area (Å²) in [7, 11) is 1.37. The standard InChI is InChI=1S/C26H25F2N5O4/c1-14(27)26(35)33-11-8-15(33)13-37-20-12-29-9-6-16(20)22-23(21-18(31-22)7-10-30-25(21)34)32-19-5-3-4-17(28)24(19)36-2/h3-6,9,12,15,31-32H,1,7-8,10-11,13H2,2H3,(H,30,34)/t15-/m0/s1. The van der Waals surface area contributed by atoms with E-state index in [1.54, 1.807) is 18.3 Å². The summed E-state index contributed by atoms with van der Waals surface area (Å²) in [6.07, 6.45) is 4.35. The Morgan fingerprint density at radius 1 is 1.35 bits per heavy atom. The number of hydrogen-bond donors (Lipinski definition) is 3. The average molecular weight is 510 g/mol. The molecule has 0 unspecified atom stereocenters. The van der Waals surface area contributed by atoms with Gasteiger partial charge in [-0.3, -0.25) is 14.6 Å². The minimum absolute atomic E-state index is 0.00927. The van der Waals surface area contributed by atoms with Gasteiger partial charge in [0.25, 0.3) is 11.8 Å². The average Bonchev–Trinajstić information content (AvgIpc) is 3.23. The predicted octanol–water partition coefficient (Wildman–Crippen LogP) is 3.72. The summed E-state index contributed by atoms with van der Waals surface area (Å²) >= 11 is 0. The van der Waals surface area contributed by atoms with Gasteiger partial charge in [-0.15, -0.1) is 0 Å². The van der Waals surface area contributed by atoms with E-state index in [4.69, 9.17) is 9.47 Å². The number of amides is 2. The number of rotatable bonds is 8. The van der Waals surface area contributed by atoms with Crippen molar-refractivity contribution in [2.75, 3.05) is 32.1 Å². The topological polar surface area (TPSA) is 109 Å². The number of benzene rings is 1. The van der Waals surface area contributed by atoms with Gasteiger partial charge in [0.05, 0.1) is 42.0 Å². The molecule has 0 spiro atoms. The molecule has 0 radical (unpaired) electrons. The number of H-pyrrole nitrogens is 1. The molecule has 1 saturated heterocycles. The fraction of sp³-hybridized carbons (Fsp3) is 0.269. The van der Waals surface area contributed by atoms with Gasteiger partial charge in [-0.05, 0) is 24.6 Å². The van der Waals surface area contributed by atoms with Crippen molar-refractivity contribution >= 4 is 23.2 Å². The molecule has 0 bridgehead atoms. The molecule has 1 atom stereocenters. The highest BCUT2D eigenvalue weighted by Gasteiger charge is 2.34. The number of anilines is 2. The number of methoxy groups -OCH3 is 1. The molecule has 3 N–H and O–H groups in total. The number of nitrogens with zero attached hydrogens (tertiary/aromatic N) is 2. The lowest BCUT2D eigenvalue weighted by Crippen LogP contribution is -2.54. The smallest absolute Gasteiger partial charge is 0.282 e. The molecule has 37 heavy (non-hydrogen) atoms. The summed E-state index contributed by atoms with van der Waals surface area (Å²) < 4.78 is 39.0. The SMILES string of the molecule is C=C(F)C(=O)N1CC[C@H]1COc1cnccc1-c1[nH]c2c(c1Nc1cccc(F)c1OC)C(=O)NCC2. The van der Waals surface area contributed by atoms with Crippen LogP contribution in [0.5, 0.6) is 11.5 Å². The van der Waals surface area contributed by atoms with E-state index in [2.05, 4.69) is 27.2 Å². The van der Waals surface area contributed by atoms with E-state index in [0.717, 1.165) is 5.69 Å². The van der Waals surface area contributed by atoms with Crippen molar-refractivity contribution in [3.63, 3.8) is 0 Å². The molecule has 2 amide bonds. The van der Waals surface area contributed by atoms with Crippen LogP contribution in [0.2, 0.25) is 0 Å². The van der Waals surface area contributed by atoms with Crippen LogP contribution in [0.25, 0.3) is 11.3 Å². The lowest BCUT2D eigenvalue weighted by molar-refractivity contribution is -0.137.